The van der Waals surface area contributed by atoms with Gasteiger partial charge in [-0.15, -0.1) is 11.3 Å². The summed E-state index contributed by atoms with van der Waals surface area (Å²) in [6, 6.07) is 13.6. The largest absolute Gasteiger partial charge is 0.302 e. The quantitative estimate of drug-likeness (QED) is 0.716. The standard InChI is InChI=1S/C18H14ClFN2OS/c19-16-7-2-1-5-13(16)10-15-11-21-18(24-15)22-17(23)9-12-4-3-6-14(20)8-12/h1-8,11H,9-10H2,(H,21,22,23). The van der Waals surface area contributed by atoms with Gasteiger partial charge in [-0.2, -0.15) is 0 Å². The summed E-state index contributed by atoms with van der Waals surface area (Å²) in [5, 5.41) is 3.98. The molecular formula is C18H14ClFN2OS. The van der Waals surface area contributed by atoms with Gasteiger partial charge in [0.05, 0.1) is 6.42 Å². The summed E-state index contributed by atoms with van der Waals surface area (Å²) in [7, 11) is 0. The molecule has 0 aliphatic rings. The number of hydrogen-bond acceptors (Lipinski definition) is 3. The van der Waals surface area contributed by atoms with Gasteiger partial charge in [0.25, 0.3) is 0 Å². The molecule has 2 aromatic carbocycles. The highest BCUT2D eigenvalue weighted by Gasteiger charge is 2.09. The molecule has 6 heteroatoms. The third-order valence-electron chi connectivity index (χ3n) is 3.38. The van der Waals surface area contributed by atoms with Gasteiger partial charge in [0.2, 0.25) is 5.91 Å². The second-order valence-electron chi connectivity index (χ2n) is 5.25. The Kier molecular flexibility index (Phi) is 5.23. The molecule has 0 saturated heterocycles. The van der Waals surface area contributed by atoms with Crippen LogP contribution in [-0.4, -0.2) is 10.9 Å². The van der Waals surface area contributed by atoms with Crippen LogP contribution in [0.25, 0.3) is 0 Å². The Morgan fingerprint density at radius 1 is 1.21 bits per heavy atom. The van der Waals surface area contributed by atoms with Crippen molar-refractivity contribution in [2.75, 3.05) is 5.32 Å². The molecule has 1 aromatic heterocycles. The molecule has 0 saturated carbocycles. The zero-order chi connectivity index (χ0) is 16.9. The van der Waals surface area contributed by atoms with Crippen molar-refractivity contribution in [1.82, 2.24) is 4.98 Å². The van der Waals surface area contributed by atoms with Gasteiger partial charge in [-0.05, 0) is 29.3 Å². The Hall–Kier alpha value is -2.24. The molecule has 0 fully saturated rings. The van der Waals surface area contributed by atoms with E-state index in [2.05, 4.69) is 10.3 Å². The van der Waals surface area contributed by atoms with E-state index in [9.17, 15) is 9.18 Å². The van der Waals surface area contributed by atoms with Gasteiger partial charge in [-0.1, -0.05) is 41.9 Å². The van der Waals surface area contributed by atoms with E-state index in [1.807, 2.05) is 24.3 Å². The highest BCUT2D eigenvalue weighted by molar-refractivity contribution is 7.15. The fraction of sp³-hybridized carbons (Fsp3) is 0.111. The predicted molar refractivity (Wildman–Crippen MR) is 95.1 cm³/mol. The lowest BCUT2D eigenvalue weighted by atomic mass is 10.1. The summed E-state index contributed by atoms with van der Waals surface area (Å²) in [6.07, 6.45) is 2.50. The third kappa shape index (κ3) is 4.40. The lowest BCUT2D eigenvalue weighted by Gasteiger charge is -2.02. The molecule has 3 rings (SSSR count). The van der Waals surface area contributed by atoms with Crippen LogP contribution < -0.4 is 5.32 Å². The average Bonchev–Trinajstić information content (AvgIpc) is 2.96. The average molecular weight is 361 g/mol. The molecule has 0 radical (unpaired) electrons. The van der Waals surface area contributed by atoms with Gasteiger partial charge in [-0.3, -0.25) is 4.79 Å². The number of halogens is 2. The van der Waals surface area contributed by atoms with E-state index in [-0.39, 0.29) is 18.1 Å². The van der Waals surface area contributed by atoms with Crippen LogP contribution in [0.5, 0.6) is 0 Å². The van der Waals surface area contributed by atoms with E-state index < -0.39 is 0 Å². The number of anilines is 1. The van der Waals surface area contributed by atoms with E-state index >= 15 is 0 Å². The maximum Gasteiger partial charge on any atom is 0.230 e. The van der Waals surface area contributed by atoms with Crippen LogP contribution in [0.1, 0.15) is 16.0 Å². The molecule has 1 amide bonds. The number of carbonyl (C=O) groups excluding carboxylic acids is 1. The van der Waals surface area contributed by atoms with Crippen LogP contribution in [0.4, 0.5) is 9.52 Å². The van der Waals surface area contributed by atoms with Gasteiger partial charge >= 0.3 is 0 Å². The highest BCUT2D eigenvalue weighted by Crippen LogP contribution is 2.24. The number of amides is 1. The maximum atomic E-state index is 13.1. The van der Waals surface area contributed by atoms with Crippen molar-refractivity contribution < 1.29 is 9.18 Å². The Labute approximate surface area is 148 Å². The molecule has 0 aliphatic carbocycles. The zero-order valence-corrected chi connectivity index (χ0v) is 14.2. The Balaban J connectivity index is 1.61. The number of benzene rings is 2. The molecular weight excluding hydrogens is 347 g/mol. The Bertz CT molecular complexity index is 865. The lowest BCUT2D eigenvalue weighted by molar-refractivity contribution is -0.115. The molecule has 3 aromatic rings. The van der Waals surface area contributed by atoms with Crippen LogP contribution >= 0.6 is 22.9 Å². The predicted octanol–water partition coefficient (Wildman–Crippen LogP) is 4.71. The molecule has 0 unspecified atom stereocenters. The van der Waals surface area contributed by atoms with Crippen LogP contribution in [0.3, 0.4) is 0 Å². The second-order valence-corrected chi connectivity index (χ2v) is 6.78. The fourth-order valence-electron chi connectivity index (χ4n) is 2.27. The van der Waals surface area contributed by atoms with E-state index in [1.54, 1.807) is 18.3 Å². The first kappa shape index (κ1) is 16.6. The SMILES string of the molecule is O=C(Cc1cccc(F)c1)Nc1ncc(Cc2ccccc2Cl)s1. The summed E-state index contributed by atoms with van der Waals surface area (Å²) in [6.45, 7) is 0. The minimum atomic E-state index is -0.350. The van der Waals surface area contributed by atoms with Crippen molar-refractivity contribution in [1.29, 1.82) is 0 Å². The Morgan fingerprint density at radius 2 is 2.04 bits per heavy atom. The van der Waals surface area contributed by atoms with Crippen LogP contribution in [0.15, 0.2) is 54.7 Å². The highest BCUT2D eigenvalue weighted by atomic mass is 35.5. The number of aromatic nitrogens is 1. The van der Waals surface area contributed by atoms with E-state index in [0.717, 1.165) is 10.4 Å². The number of nitrogens with zero attached hydrogens (tertiary/aromatic N) is 1. The molecule has 1 N–H and O–H groups in total. The molecule has 0 bridgehead atoms. The monoisotopic (exact) mass is 360 g/mol. The number of thiazole rings is 1. The first-order valence-electron chi connectivity index (χ1n) is 7.32. The van der Waals surface area contributed by atoms with Crippen LogP contribution in [0, 0.1) is 5.82 Å². The number of carbonyl (C=O) groups is 1. The summed E-state index contributed by atoms with van der Waals surface area (Å²) >= 11 is 7.55. The van der Waals surface area contributed by atoms with Gasteiger partial charge in [-0.25, -0.2) is 9.37 Å². The molecule has 122 valence electrons. The topological polar surface area (TPSA) is 42.0 Å². The second kappa shape index (κ2) is 7.55. The van der Waals surface area contributed by atoms with Crippen molar-refractivity contribution >= 4 is 34.0 Å². The van der Waals surface area contributed by atoms with Gasteiger partial charge in [0, 0.05) is 22.5 Å². The van der Waals surface area contributed by atoms with E-state index in [1.165, 1.54) is 23.5 Å². The van der Waals surface area contributed by atoms with Gasteiger partial charge in [0.15, 0.2) is 5.13 Å². The van der Waals surface area contributed by atoms with Gasteiger partial charge < -0.3 is 5.32 Å². The summed E-state index contributed by atoms with van der Waals surface area (Å²) in [5.41, 5.74) is 1.64. The molecule has 3 nitrogen and oxygen atoms in total. The lowest BCUT2D eigenvalue weighted by Crippen LogP contribution is -2.14. The number of nitrogens with one attached hydrogen (secondary N) is 1. The molecule has 0 atom stereocenters. The first-order valence-corrected chi connectivity index (χ1v) is 8.52. The van der Waals surface area contributed by atoms with Crippen molar-refractivity contribution in [2.24, 2.45) is 0 Å². The summed E-state index contributed by atoms with van der Waals surface area (Å²) in [5.74, 6) is -0.573. The third-order valence-corrected chi connectivity index (χ3v) is 4.66. The van der Waals surface area contributed by atoms with Crippen LogP contribution in [0.2, 0.25) is 5.02 Å². The zero-order valence-electron chi connectivity index (χ0n) is 12.6. The summed E-state index contributed by atoms with van der Waals surface area (Å²) < 4.78 is 13.1. The normalized spacial score (nSPS) is 10.6. The van der Waals surface area contributed by atoms with Gasteiger partial charge in [0.1, 0.15) is 5.82 Å². The smallest absolute Gasteiger partial charge is 0.230 e. The minimum Gasteiger partial charge on any atom is -0.302 e. The minimum absolute atomic E-state index is 0.108. The van der Waals surface area contributed by atoms with Crippen molar-refractivity contribution in [2.45, 2.75) is 12.8 Å². The fourth-order valence-corrected chi connectivity index (χ4v) is 3.33. The summed E-state index contributed by atoms with van der Waals surface area (Å²) in [4.78, 5) is 17.2. The Morgan fingerprint density at radius 3 is 2.83 bits per heavy atom. The number of hydrogen-bond donors (Lipinski definition) is 1. The van der Waals surface area contributed by atoms with Crippen molar-refractivity contribution in [3.8, 4) is 0 Å². The van der Waals surface area contributed by atoms with Crippen molar-refractivity contribution in [3.05, 3.63) is 81.6 Å². The van der Waals surface area contributed by atoms with E-state index in [4.69, 9.17) is 11.6 Å². The van der Waals surface area contributed by atoms with Crippen molar-refractivity contribution in [3.63, 3.8) is 0 Å². The first-order chi connectivity index (χ1) is 11.6. The molecule has 0 aliphatic heterocycles. The molecule has 24 heavy (non-hydrogen) atoms. The van der Waals surface area contributed by atoms with E-state index in [0.29, 0.717) is 22.1 Å². The molecule has 0 spiro atoms. The number of rotatable bonds is 5. The molecule has 1 heterocycles. The maximum absolute atomic E-state index is 13.1. The van der Waals surface area contributed by atoms with Crippen LogP contribution in [-0.2, 0) is 17.6 Å².